The largest absolute Gasteiger partial charge is 0.318 e. The second kappa shape index (κ2) is 6.71. The molecule has 23 heavy (non-hydrogen) atoms. The number of hydrogen-bond donors (Lipinski definition) is 1. The topological polar surface area (TPSA) is 64.7 Å². The number of nitrogens with one attached hydrogen (secondary N) is 1. The van der Waals surface area contributed by atoms with E-state index >= 15 is 0 Å². The SMILES string of the molecule is Cn1cc(I)c(C(=O)Nc2cnn(Cc3ccccc3Cl)c2)n1. The molecule has 0 spiro atoms. The van der Waals surface area contributed by atoms with Gasteiger partial charge in [-0.1, -0.05) is 29.8 Å². The first-order chi connectivity index (χ1) is 11.0. The van der Waals surface area contributed by atoms with Gasteiger partial charge in [-0.15, -0.1) is 0 Å². The van der Waals surface area contributed by atoms with Gasteiger partial charge in [0, 0.05) is 24.5 Å². The van der Waals surface area contributed by atoms with Crippen molar-refractivity contribution in [3.63, 3.8) is 0 Å². The molecule has 0 aliphatic carbocycles. The second-order valence-electron chi connectivity index (χ2n) is 4.97. The van der Waals surface area contributed by atoms with Crippen molar-refractivity contribution in [2.24, 2.45) is 7.05 Å². The average molecular weight is 442 g/mol. The van der Waals surface area contributed by atoms with Crippen LogP contribution < -0.4 is 5.32 Å². The fourth-order valence-corrected chi connectivity index (χ4v) is 3.07. The van der Waals surface area contributed by atoms with Crippen LogP contribution in [-0.2, 0) is 13.6 Å². The molecule has 0 fully saturated rings. The predicted octanol–water partition coefficient (Wildman–Crippen LogP) is 3.18. The molecule has 6 nitrogen and oxygen atoms in total. The molecule has 1 amide bonds. The Morgan fingerprint density at radius 2 is 2.13 bits per heavy atom. The van der Waals surface area contributed by atoms with Gasteiger partial charge in [0.1, 0.15) is 0 Å². The van der Waals surface area contributed by atoms with Crippen LogP contribution in [0.25, 0.3) is 0 Å². The van der Waals surface area contributed by atoms with Crippen LogP contribution in [-0.4, -0.2) is 25.5 Å². The standard InChI is InChI=1S/C15H13ClIN5O/c1-21-9-13(17)14(20-21)15(23)19-11-6-18-22(8-11)7-10-4-2-3-5-12(10)16/h2-6,8-9H,7H2,1H3,(H,19,23). The van der Waals surface area contributed by atoms with Gasteiger partial charge in [0.05, 0.1) is 22.0 Å². The maximum absolute atomic E-state index is 12.2. The summed E-state index contributed by atoms with van der Waals surface area (Å²) < 4.78 is 4.13. The summed E-state index contributed by atoms with van der Waals surface area (Å²) in [5, 5.41) is 11.9. The Bertz CT molecular complexity index is 857. The van der Waals surface area contributed by atoms with Gasteiger partial charge in [-0.3, -0.25) is 14.2 Å². The van der Waals surface area contributed by atoms with E-state index in [9.17, 15) is 4.79 Å². The maximum Gasteiger partial charge on any atom is 0.277 e. The highest BCUT2D eigenvalue weighted by atomic mass is 127. The molecule has 0 atom stereocenters. The zero-order chi connectivity index (χ0) is 16.4. The van der Waals surface area contributed by atoms with Gasteiger partial charge >= 0.3 is 0 Å². The zero-order valence-corrected chi connectivity index (χ0v) is 15.1. The number of benzene rings is 1. The first kappa shape index (κ1) is 16.0. The minimum Gasteiger partial charge on any atom is -0.318 e. The van der Waals surface area contributed by atoms with E-state index in [1.54, 1.807) is 35.0 Å². The molecule has 2 heterocycles. The summed E-state index contributed by atoms with van der Waals surface area (Å²) >= 11 is 8.23. The average Bonchev–Trinajstić information content (AvgIpc) is 3.07. The Hall–Kier alpha value is -1.87. The number of carbonyl (C=O) groups excluding carboxylic acids is 1. The number of amides is 1. The normalized spacial score (nSPS) is 10.7. The van der Waals surface area contributed by atoms with Gasteiger partial charge in [-0.2, -0.15) is 10.2 Å². The smallest absolute Gasteiger partial charge is 0.277 e. The lowest BCUT2D eigenvalue weighted by molar-refractivity contribution is 0.102. The van der Waals surface area contributed by atoms with Crippen molar-refractivity contribution in [2.75, 3.05) is 5.32 Å². The van der Waals surface area contributed by atoms with E-state index in [1.165, 1.54) is 0 Å². The summed E-state index contributed by atoms with van der Waals surface area (Å²) in [5.74, 6) is -0.257. The third-order valence-electron chi connectivity index (χ3n) is 3.18. The van der Waals surface area contributed by atoms with Crippen LogP contribution in [0.1, 0.15) is 16.1 Å². The van der Waals surface area contributed by atoms with E-state index < -0.39 is 0 Å². The number of halogens is 2. The summed E-state index contributed by atoms with van der Waals surface area (Å²) in [4.78, 5) is 12.2. The van der Waals surface area contributed by atoms with Crippen molar-refractivity contribution < 1.29 is 4.79 Å². The van der Waals surface area contributed by atoms with Crippen LogP contribution in [0, 0.1) is 3.57 Å². The lowest BCUT2D eigenvalue weighted by Gasteiger charge is -2.04. The molecule has 0 unspecified atom stereocenters. The highest BCUT2D eigenvalue weighted by Crippen LogP contribution is 2.17. The molecule has 1 aromatic carbocycles. The Balaban J connectivity index is 1.71. The summed E-state index contributed by atoms with van der Waals surface area (Å²) in [5.41, 5.74) is 1.98. The van der Waals surface area contributed by atoms with E-state index in [-0.39, 0.29) is 5.91 Å². The van der Waals surface area contributed by atoms with Crippen molar-refractivity contribution in [2.45, 2.75) is 6.54 Å². The van der Waals surface area contributed by atoms with Gasteiger partial charge in [-0.25, -0.2) is 0 Å². The van der Waals surface area contributed by atoms with Crippen molar-refractivity contribution in [1.82, 2.24) is 19.6 Å². The van der Waals surface area contributed by atoms with Crippen molar-refractivity contribution in [3.8, 4) is 0 Å². The number of aryl methyl sites for hydroxylation is 1. The van der Waals surface area contributed by atoms with Crippen LogP contribution in [0.4, 0.5) is 5.69 Å². The van der Waals surface area contributed by atoms with Crippen molar-refractivity contribution in [1.29, 1.82) is 0 Å². The fraction of sp³-hybridized carbons (Fsp3) is 0.133. The highest BCUT2D eigenvalue weighted by molar-refractivity contribution is 14.1. The lowest BCUT2D eigenvalue weighted by Crippen LogP contribution is -2.13. The van der Waals surface area contributed by atoms with Gasteiger partial charge in [-0.05, 0) is 34.2 Å². The quantitative estimate of drug-likeness (QED) is 0.633. The molecule has 0 aliphatic rings. The molecule has 0 aliphatic heterocycles. The summed E-state index contributed by atoms with van der Waals surface area (Å²) in [6.45, 7) is 0.538. The molecule has 3 aromatic rings. The monoisotopic (exact) mass is 441 g/mol. The molecule has 118 valence electrons. The minimum absolute atomic E-state index is 0.257. The molecule has 2 aromatic heterocycles. The van der Waals surface area contributed by atoms with Gasteiger partial charge in [0.15, 0.2) is 5.69 Å². The van der Waals surface area contributed by atoms with Crippen LogP contribution >= 0.6 is 34.2 Å². The molecular weight excluding hydrogens is 429 g/mol. The van der Waals surface area contributed by atoms with E-state index in [4.69, 9.17) is 11.6 Å². The number of anilines is 1. The van der Waals surface area contributed by atoms with Crippen LogP contribution in [0.5, 0.6) is 0 Å². The van der Waals surface area contributed by atoms with Gasteiger partial charge in [0.2, 0.25) is 0 Å². The molecular formula is C15H13ClIN5O. The van der Waals surface area contributed by atoms with E-state index in [0.29, 0.717) is 22.9 Å². The number of nitrogens with zero attached hydrogens (tertiary/aromatic N) is 4. The summed E-state index contributed by atoms with van der Waals surface area (Å²) in [6, 6.07) is 7.59. The Morgan fingerprint density at radius 3 is 2.83 bits per heavy atom. The molecule has 0 radical (unpaired) electrons. The summed E-state index contributed by atoms with van der Waals surface area (Å²) in [6.07, 6.45) is 5.15. The molecule has 8 heteroatoms. The van der Waals surface area contributed by atoms with E-state index in [1.807, 2.05) is 24.3 Å². The molecule has 1 N–H and O–H groups in total. The maximum atomic E-state index is 12.2. The predicted molar refractivity (Wildman–Crippen MR) is 96.7 cm³/mol. The number of aromatic nitrogens is 4. The second-order valence-corrected chi connectivity index (χ2v) is 6.54. The van der Waals surface area contributed by atoms with Crippen molar-refractivity contribution in [3.05, 3.63) is 62.7 Å². The highest BCUT2D eigenvalue weighted by Gasteiger charge is 2.15. The Labute approximate surface area is 151 Å². The lowest BCUT2D eigenvalue weighted by atomic mass is 10.2. The van der Waals surface area contributed by atoms with Gasteiger partial charge in [0.25, 0.3) is 5.91 Å². The fourth-order valence-electron chi connectivity index (χ4n) is 2.12. The first-order valence-electron chi connectivity index (χ1n) is 6.79. The van der Waals surface area contributed by atoms with Crippen molar-refractivity contribution >= 4 is 45.8 Å². The number of rotatable bonds is 4. The number of carbonyl (C=O) groups is 1. The van der Waals surface area contributed by atoms with E-state index in [0.717, 1.165) is 9.13 Å². The molecule has 3 rings (SSSR count). The molecule has 0 bridgehead atoms. The van der Waals surface area contributed by atoms with E-state index in [2.05, 4.69) is 38.1 Å². The third-order valence-corrected chi connectivity index (χ3v) is 4.34. The summed E-state index contributed by atoms with van der Waals surface area (Å²) in [7, 11) is 1.78. The molecule has 0 saturated carbocycles. The van der Waals surface area contributed by atoms with Crippen LogP contribution in [0.15, 0.2) is 42.9 Å². The zero-order valence-electron chi connectivity index (χ0n) is 12.2. The Morgan fingerprint density at radius 1 is 1.35 bits per heavy atom. The molecule has 0 saturated heterocycles. The first-order valence-corrected chi connectivity index (χ1v) is 8.25. The minimum atomic E-state index is -0.257. The van der Waals surface area contributed by atoms with Gasteiger partial charge < -0.3 is 5.32 Å². The van der Waals surface area contributed by atoms with Crippen LogP contribution in [0.3, 0.4) is 0 Å². The Kier molecular flexibility index (Phi) is 4.67. The third kappa shape index (κ3) is 3.73. The number of hydrogen-bond acceptors (Lipinski definition) is 3. The van der Waals surface area contributed by atoms with Crippen LogP contribution in [0.2, 0.25) is 5.02 Å².